The van der Waals surface area contributed by atoms with Gasteiger partial charge in [-0.3, -0.25) is 9.69 Å². The summed E-state index contributed by atoms with van der Waals surface area (Å²) in [6, 6.07) is 12.7. The molecule has 1 aliphatic rings. The normalized spacial score (nSPS) is 15.7. The molecule has 0 aromatic heterocycles. The van der Waals surface area contributed by atoms with Crippen LogP contribution in [-0.4, -0.2) is 63.1 Å². The van der Waals surface area contributed by atoms with E-state index in [0.29, 0.717) is 18.7 Å². The maximum atomic E-state index is 12.9. The van der Waals surface area contributed by atoms with Crippen LogP contribution >= 0.6 is 0 Å². The summed E-state index contributed by atoms with van der Waals surface area (Å²) in [6.45, 7) is 3.59. The SMILES string of the molecule is CS(=O)(=O)c1cccc(C(=O)N2CCN(CCc3ccc(F)cc3)CC2)c1. The lowest BCUT2D eigenvalue weighted by atomic mass is 10.1. The molecular weight excluding hydrogens is 367 g/mol. The summed E-state index contributed by atoms with van der Waals surface area (Å²) in [7, 11) is -3.34. The van der Waals surface area contributed by atoms with E-state index in [1.54, 1.807) is 29.2 Å². The third-order valence-electron chi connectivity index (χ3n) is 4.80. The fraction of sp³-hybridized carbons (Fsp3) is 0.350. The Hall–Kier alpha value is -2.25. The van der Waals surface area contributed by atoms with Crippen LogP contribution in [0.5, 0.6) is 0 Å². The monoisotopic (exact) mass is 390 g/mol. The van der Waals surface area contributed by atoms with Crippen molar-refractivity contribution in [2.75, 3.05) is 39.0 Å². The molecule has 0 aliphatic carbocycles. The fourth-order valence-electron chi connectivity index (χ4n) is 3.16. The van der Waals surface area contributed by atoms with Crippen LogP contribution in [0.3, 0.4) is 0 Å². The highest BCUT2D eigenvalue weighted by Gasteiger charge is 2.22. The number of halogens is 1. The Kier molecular flexibility index (Phi) is 5.92. The molecule has 0 unspecified atom stereocenters. The molecule has 1 aliphatic heterocycles. The zero-order valence-corrected chi connectivity index (χ0v) is 16.1. The predicted octanol–water partition coefficient (Wildman–Crippen LogP) is 2.23. The number of sulfone groups is 1. The first-order chi connectivity index (χ1) is 12.8. The van der Waals surface area contributed by atoms with Crippen molar-refractivity contribution in [3.63, 3.8) is 0 Å². The van der Waals surface area contributed by atoms with Crippen molar-refractivity contribution in [2.24, 2.45) is 0 Å². The Labute approximate surface area is 159 Å². The minimum absolute atomic E-state index is 0.140. The molecule has 0 N–H and O–H groups in total. The van der Waals surface area contributed by atoms with Crippen molar-refractivity contribution in [1.29, 1.82) is 0 Å². The van der Waals surface area contributed by atoms with Crippen LogP contribution in [0.25, 0.3) is 0 Å². The van der Waals surface area contributed by atoms with Gasteiger partial charge in [-0.25, -0.2) is 12.8 Å². The maximum absolute atomic E-state index is 12.9. The molecule has 2 aromatic rings. The standard InChI is InChI=1S/C20H23FN2O3S/c1-27(25,26)19-4-2-3-17(15-19)20(24)23-13-11-22(12-14-23)10-9-16-5-7-18(21)8-6-16/h2-8,15H,9-14H2,1H3. The van der Waals surface area contributed by atoms with Crippen LogP contribution in [0.15, 0.2) is 53.4 Å². The smallest absolute Gasteiger partial charge is 0.253 e. The summed E-state index contributed by atoms with van der Waals surface area (Å²) >= 11 is 0. The molecule has 2 aromatic carbocycles. The summed E-state index contributed by atoms with van der Waals surface area (Å²) in [6.07, 6.45) is 1.97. The van der Waals surface area contributed by atoms with Gasteiger partial charge in [-0.2, -0.15) is 0 Å². The van der Waals surface area contributed by atoms with Gasteiger partial charge in [0.2, 0.25) is 0 Å². The number of carbonyl (C=O) groups is 1. The lowest BCUT2D eigenvalue weighted by Gasteiger charge is -2.34. The molecule has 144 valence electrons. The maximum Gasteiger partial charge on any atom is 0.253 e. The van der Waals surface area contributed by atoms with E-state index >= 15 is 0 Å². The van der Waals surface area contributed by atoms with Gasteiger partial charge < -0.3 is 4.90 Å². The van der Waals surface area contributed by atoms with E-state index in [1.807, 2.05) is 0 Å². The minimum atomic E-state index is -3.34. The highest BCUT2D eigenvalue weighted by Crippen LogP contribution is 2.15. The summed E-state index contributed by atoms with van der Waals surface area (Å²) < 4.78 is 36.3. The summed E-state index contributed by atoms with van der Waals surface area (Å²) in [5.41, 5.74) is 1.49. The Morgan fingerprint density at radius 1 is 1.04 bits per heavy atom. The van der Waals surface area contributed by atoms with Crippen molar-refractivity contribution in [1.82, 2.24) is 9.80 Å². The van der Waals surface area contributed by atoms with Crippen LogP contribution in [0.4, 0.5) is 4.39 Å². The van der Waals surface area contributed by atoms with E-state index in [2.05, 4.69) is 4.90 Å². The van der Waals surface area contributed by atoms with E-state index in [1.165, 1.54) is 24.3 Å². The zero-order valence-electron chi connectivity index (χ0n) is 15.3. The van der Waals surface area contributed by atoms with E-state index in [4.69, 9.17) is 0 Å². The number of benzene rings is 2. The molecule has 0 radical (unpaired) electrons. The molecule has 1 fully saturated rings. The van der Waals surface area contributed by atoms with Crippen molar-refractivity contribution in [3.05, 3.63) is 65.5 Å². The molecular formula is C20H23FN2O3S. The third-order valence-corrected chi connectivity index (χ3v) is 5.91. The first kappa shape index (κ1) is 19.5. The second kappa shape index (κ2) is 8.19. The molecule has 1 saturated heterocycles. The lowest BCUT2D eigenvalue weighted by molar-refractivity contribution is 0.0638. The summed E-state index contributed by atoms with van der Waals surface area (Å²) in [5.74, 6) is -0.371. The highest BCUT2D eigenvalue weighted by atomic mass is 32.2. The molecule has 27 heavy (non-hydrogen) atoms. The first-order valence-corrected chi connectivity index (χ1v) is 10.8. The van der Waals surface area contributed by atoms with E-state index in [0.717, 1.165) is 37.9 Å². The second-order valence-electron chi connectivity index (χ2n) is 6.81. The molecule has 0 atom stereocenters. The number of carbonyl (C=O) groups excluding carboxylic acids is 1. The number of nitrogens with zero attached hydrogens (tertiary/aromatic N) is 2. The molecule has 3 rings (SSSR count). The second-order valence-corrected chi connectivity index (χ2v) is 8.83. The van der Waals surface area contributed by atoms with Crippen LogP contribution in [-0.2, 0) is 16.3 Å². The number of piperazine rings is 1. The predicted molar refractivity (Wildman–Crippen MR) is 102 cm³/mol. The van der Waals surface area contributed by atoms with E-state index in [9.17, 15) is 17.6 Å². The largest absolute Gasteiger partial charge is 0.336 e. The van der Waals surface area contributed by atoms with Crippen LogP contribution < -0.4 is 0 Å². The van der Waals surface area contributed by atoms with Crippen molar-refractivity contribution in [2.45, 2.75) is 11.3 Å². The van der Waals surface area contributed by atoms with E-state index in [-0.39, 0.29) is 16.6 Å². The molecule has 0 spiro atoms. The Balaban J connectivity index is 1.54. The van der Waals surface area contributed by atoms with Gasteiger partial charge in [0.15, 0.2) is 9.84 Å². The Bertz CT molecular complexity index is 905. The topological polar surface area (TPSA) is 57.7 Å². The van der Waals surface area contributed by atoms with Gasteiger partial charge in [0.1, 0.15) is 5.82 Å². The molecule has 1 amide bonds. The number of hydrogen-bond acceptors (Lipinski definition) is 4. The van der Waals surface area contributed by atoms with Gasteiger partial charge in [0, 0.05) is 44.5 Å². The molecule has 0 saturated carbocycles. The average Bonchev–Trinajstić information content (AvgIpc) is 2.67. The van der Waals surface area contributed by atoms with Gasteiger partial charge in [-0.15, -0.1) is 0 Å². The van der Waals surface area contributed by atoms with Gasteiger partial charge >= 0.3 is 0 Å². The van der Waals surface area contributed by atoms with Crippen LogP contribution in [0.2, 0.25) is 0 Å². The molecule has 0 bridgehead atoms. The average molecular weight is 390 g/mol. The molecule has 5 nitrogen and oxygen atoms in total. The van der Waals surface area contributed by atoms with Gasteiger partial charge in [0.05, 0.1) is 4.90 Å². The lowest BCUT2D eigenvalue weighted by Crippen LogP contribution is -2.49. The molecule has 1 heterocycles. The van der Waals surface area contributed by atoms with E-state index < -0.39 is 9.84 Å². The van der Waals surface area contributed by atoms with Crippen molar-refractivity contribution >= 4 is 15.7 Å². The van der Waals surface area contributed by atoms with Gasteiger partial charge in [-0.05, 0) is 42.3 Å². The summed E-state index contributed by atoms with van der Waals surface area (Å²) in [4.78, 5) is 16.9. The zero-order chi connectivity index (χ0) is 19.4. The fourth-order valence-corrected chi connectivity index (χ4v) is 3.82. The number of amides is 1. The first-order valence-electron chi connectivity index (χ1n) is 8.89. The van der Waals surface area contributed by atoms with Gasteiger partial charge in [0.25, 0.3) is 5.91 Å². The minimum Gasteiger partial charge on any atom is -0.336 e. The highest BCUT2D eigenvalue weighted by molar-refractivity contribution is 7.90. The Morgan fingerprint density at radius 2 is 1.70 bits per heavy atom. The quantitative estimate of drug-likeness (QED) is 0.786. The molecule has 7 heteroatoms. The Morgan fingerprint density at radius 3 is 2.33 bits per heavy atom. The van der Waals surface area contributed by atoms with Crippen LogP contribution in [0.1, 0.15) is 15.9 Å². The van der Waals surface area contributed by atoms with Crippen LogP contribution in [0, 0.1) is 5.82 Å². The van der Waals surface area contributed by atoms with Crippen molar-refractivity contribution in [3.8, 4) is 0 Å². The van der Waals surface area contributed by atoms with Gasteiger partial charge in [-0.1, -0.05) is 18.2 Å². The summed E-state index contributed by atoms with van der Waals surface area (Å²) in [5, 5.41) is 0. The number of rotatable bonds is 5. The third kappa shape index (κ3) is 5.14. The van der Waals surface area contributed by atoms with Crippen molar-refractivity contribution < 1.29 is 17.6 Å². The number of hydrogen-bond donors (Lipinski definition) is 0.